The average Bonchev–Trinajstić information content (AvgIpc) is 2.67. The minimum Gasteiger partial charge on any atom is -0.298 e. The highest BCUT2D eigenvalue weighted by atomic mass is 32.1. The number of amides is 2. The summed E-state index contributed by atoms with van der Waals surface area (Å²) in [5.41, 5.74) is 7.48. The van der Waals surface area contributed by atoms with E-state index in [-0.39, 0.29) is 23.3 Å². The number of hydrogen-bond acceptors (Lipinski definition) is 3. The molecule has 27 heavy (non-hydrogen) atoms. The SMILES string of the molecule is Cc1cccc(C(=O)NC(=S)NNC(=O)Cc2cccc3ccccc23)c1. The Hall–Kier alpha value is -3.25. The minimum atomic E-state index is -0.334. The summed E-state index contributed by atoms with van der Waals surface area (Å²) >= 11 is 5.07. The first-order chi connectivity index (χ1) is 13.0. The lowest BCUT2D eigenvalue weighted by molar-refractivity contribution is -0.121. The van der Waals surface area contributed by atoms with Crippen LogP contribution in [0.25, 0.3) is 10.8 Å². The molecule has 2 amide bonds. The molecule has 0 heterocycles. The maximum Gasteiger partial charge on any atom is 0.257 e. The molecule has 0 aliphatic rings. The summed E-state index contributed by atoms with van der Waals surface area (Å²) in [6.07, 6.45) is 0.197. The largest absolute Gasteiger partial charge is 0.298 e. The van der Waals surface area contributed by atoms with Crippen LogP contribution in [0.2, 0.25) is 0 Å². The zero-order valence-corrected chi connectivity index (χ0v) is 15.6. The van der Waals surface area contributed by atoms with Gasteiger partial charge in [-0.2, -0.15) is 0 Å². The summed E-state index contributed by atoms with van der Waals surface area (Å²) in [7, 11) is 0. The maximum absolute atomic E-state index is 12.2. The number of nitrogens with one attached hydrogen (secondary N) is 3. The van der Waals surface area contributed by atoms with Crippen molar-refractivity contribution in [3.05, 3.63) is 83.4 Å². The molecule has 0 spiro atoms. The summed E-state index contributed by atoms with van der Waals surface area (Å²) in [4.78, 5) is 24.4. The monoisotopic (exact) mass is 377 g/mol. The molecule has 0 bridgehead atoms. The molecule has 0 aliphatic carbocycles. The summed E-state index contributed by atoms with van der Waals surface area (Å²) in [5, 5.41) is 4.69. The predicted molar refractivity (Wildman–Crippen MR) is 110 cm³/mol. The molecular formula is C21H19N3O2S. The molecule has 0 atom stereocenters. The van der Waals surface area contributed by atoms with E-state index in [9.17, 15) is 9.59 Å². The van der Waals surface area contributed by atoms with Crippen molar-refractivity contribution in [1.82, 2.24) is 16.2 Å². The summed E-state index contributed by atoms with van der Waals surface area (Å²) < 4.78 is 0. The van der Waals surface area contributed by atoms with Crippen LogP contribution in [0.15, 0.2) is 66.7 Å². The molecule has 0 aliphatic heterocycles. The quantitative estimate of drug-likeness (QED) is 0.485. The van der Waals surface area contributed by atoms with Gasteiger partial charge in [0.05, 0.1) is 6.42 Å². The van der Waals surface area contributed by atoms with Crippen molar-refractivity contribution in [2.24, 2.45) is 0 Å². The molecule has 3 N–H and O–H groups in total. The number of aryl methyl sites for hydroxylation is 1. The van der Waals surface area contributed by atoms with Crippen molar-refractivity contribution in [3.8, 4) is 0 Å². The van der Waals surface area contributed by atoms with Crippen molar-refractivity contribution in [2.45, 2.75) is 13.3 Å². The van der Waals surface area contributed by atoms with Gasteiger partial charge in [0, 0.05) is 5.56 Å². The Morgan fingerprint density at radius 2 is 1.67 bits per heavy atom. The third-order valence-corrected chi connectivity index (χ3v) is 4.26. The molecule has 3 rings (SSSR count). The van der Waals surface area contributed by atoms with Gasteiger partial charge in [0.2, 0.25) is 5.91 Å². The molecule has 3 aromatic carbocycles. The molecule has 0 saturated carbocycles. The Morgan fingerprint density at radius 3 is 2.48 bits per heavy atom. The van der Waals surface area contributed by atoms with Crippen LogP contribution in [0, 0.1) is 6.92 Å². The Balaban J connectivity index is 1.54. The van der Waals surface area contributed by atoms with Crippen LogP contribution in [0.5, 0.6) is 0 Å². The van der Waals surface area contributed by atoms with Crippen molar-refractivity contribution in [2.75, 3.05) is 0 Å². The second-order valence-corrected chi connectivity index (χ2v) is 6.55. The van der Waals surface area contributed by atoms with Gasteiger partial charge in [0.15, 0.2) is 5.11 Å². The van der Waals surface area contributed by atoms with Gasteiger partial charge in [0.25, 0.3) is 5.91 Å². The lowest BCUT2D eigenvalue weighted by atomic mass is 10.0. The standard InChI is InChI=1S/C21H19N3O2S/c1-14-6-4-10-17(12-14)20(26)22-21(27)24-23-19(25)13-16-9-5-8-15-7-2-3-11-18(15)16/h2-12H,13H2,1H3,(H,23,25)(H2,22,24,26,27). The van der Waals surface area contributed by atoms with E-state index < -0.39 is 0 Å². The lowest BCUT2D eigenvalue weighted by Crippen LogP contribution is -2.48. The van der Waals surface area contributed by atoms with E-state index in [0.717, 1.165) is 21.9 Å². The van der Waals surface area contributed by atoms with Gasteiger partial charge in [-0.15, -0.1) is 0 Å². The lowest BCUT2D eigenvalue weighted by Gasteiger charge is -2.12. The van der Waals surface area contributed by atoms with Crippen LogP contribution in [-0.2, 0) is 11.2 Å². The fourth-order valence-electron chi connectivity index (χ4n) is 2.78. The smallest absolute Gasteiger partial charge is 0.257 e. The van der Waals surface area contributed by atoms with Gasteiger partial charge in [-0.25, -0.2) is 0 Å². The van der Waals surface area contributed by atoms with Crippen LogP contribution < -0.4 is 16.2 Å². The van der Waals surface area contributed by atoms with E-state index in [2.05, 4.69) is 16.2 Å². The molecule has 3 aromatic rings. The number of thiocarbonyl (C=S) groups is 1. The van der Waals surface area contributed by atoms with Gasteiger partial charge in [-0.1, -0.05) is 60.2 Å². The Bertz CT molecular complexity index is 1010. The van der Waals surface area contributed by atoms with Gasteiger partial charge in [0.1, 0.15) is 0 Å². The number of carbonyl (C=O) groups excluding carboxylic acids is 2. The van der Waals surface area contributed by atoms with Gasteiger partial charge in [-0.05, 0) is 47.6 Å². The van der Waals surface area contributed by atoms with Gasteiger partial charge in [-0.3, -0.25) is 25.8 Å². The summed E-state index contributed by atoms with van der Waals surface area (Å²) in [5.74, 6) is -0.585. The molecule has 5 nitrogen and oxygen atoms in total. The molecular weight excluding hydrogens is 358 g/mol. The van der Waals surface area contributed by atoms with E-state index in [1.165, 1.54) is 0 Å². The van der Waals surface area contributed by atoms with Crippen LogP contribution in [-0.4, -0.2) is 16.9 Å². The van der Waals surface area contributed by atoms with Crippen LogP contribution >= 0.6 is 12.2 Å². The molecule has 6 heteroatoms. The normalized spacial score (nSPS) is 10.3. The Labute approximate surface area is 162 Å². The fraction of sp³-hybridized carbons (Fsp3) is 0.0952. The summed E-state index contributed by atoms with van der Waals surface area (Å²) in [6, 6.07) is 20.9. The molecule has 0 fully saturated rings. The predicted octanol–water partition coefficient (Wildman–Crippen LogP) is 3.03. The van der Waals surface area contributed by atoms with Crippen LogP contribution in [0.4, 0.5) is 0 Å². The molecule has 0 radical (unpaired) electrons. The third-order valence-electron chi connectivity index (χ3n) is 4.05. The van der Waals surface area contributed by atoms with Crippen molar-refractivity contribution in [3.63, 3.8) is 0 Å². The highest BCUT2D eigenvalue weighted by molar-refractivity contribution is 7.80. The van der Waals surface area contributed by atoms with Gasteiger partial charge >= 0.3 is 0 Å². The maximum atomic E-state index is 12.2. The fourth-order valence-corrected chi connectivity index (χ4v) is 2.93. The van der Waals surface area contributed by atoms with Crippen molar-refractivity contribution in [1.29, 1.82) is 0 Å². The molecule has 0 unspecified atom stereocenters. The first kappa shape index (κ1) is 18.5. The Kier molecular flexibility index (Phi) is 5.78. The first-order valence-corrected chi connectivity index (χ1v) is 8.87. The van der Waals surface area contributed by atoms with E-state index in [1.54, 1.807) is 18.2 Å². The minimum absolute atomic E-state index is 0.0350. The highest BCUT2D eigenvalue weighted by Gasteiger charge is 2.10. The van der Waals surface area contributed by atoms with E-state index in [4.69, 9.17) is 12.2 Å². The number of carbonyl (C=O) groups is 2. The summed E-state index contributed by atoms with van der Waals surface area (Å²) in [6.45, 7) is 1.90. The van der Waals surface area contributed by atoms with Gasteiger partial charge < -0.3 is 0 Å². The third kappa shape index (κ3) is 4.89. The zero-order valence-electron chi connectivity index (χ0n) is 14.8. The Morgan fingerprint density at radius 1 is 0.926 bits per heavy atom. The van der Waals surface area contributed by atoms with E-state index >= 15 is 0 Å². The number of benzene rings is 3. The topological polar surface area (TPSA) is 70.2 Å². The van der Waals surface area contributed by atoms with Crippen molar-refractivity contribution < 1.29 is 9.59 Å². The first-order valence-electron chi connectivity index (χ1n) is 8.46. The average molecular weight is 377 g/mol. The number of rotatable bonds is 3. The molecule has 136 valence electrons. The number of hydrazine groups is 1. The van der Waals surface area contributed by atoms with E-state index in [0.29, 0.717) is 5.56 Å². The molecule has 0 saturated heterocycles. The molecule has 0 aromatic heterocycles. The van der Waals surface area contributed by atoms with Crippen LogP contribution in [0.1, 0.15) is 21.5 Å². The second kappa shape index (κ2) is 8.42. The number of fused-ring (bicyclic) bond motifs is 1. The highest BCUT2D eigenvalue weighted by Crippen LogP contribution is 2.18. The van der Waals surface area contributed by atoms with Crippen LogP contribution in [0.3, 0.4) is 0 Å². The van der Waals surface area contributed by atoms with Crippen molar-refractivity contribution >= 4 is 39.9 Å². The second-order valence-electron chi connectivity index (χ2n) is 6.14. The zero-order chi connectivity index (χ0) is 19.2. The van der Waals surface area contributed by atoms with E-state index in [1.807, 2.05) is 55.5 Å². The number of hydrogen-bond donors (Lipinski definition) is 3.